The van der Waals surface area contributed by atoms with Crippen LogP contribution in [0, 0.1) is 5.41 Å². The number of carbonyl (C=O) groups excluding carboxylic acids is 1. The molecule has 2 unspecified atom stereocenters. The summed E-state index contributed by atoms with van der Waals surface area (Å²) in [7, 11) is 1.89. The maximum atomic E-state index is 12.2. The SMILES string of the molecule is Cn1cc(-c2cccc(CNC(=O)NC3CCCC3(C)CO)c2)cn1. The van der Waals surface area contributed by atoms with Gasteiger partial charge in [0.25, 0.3) is 0 Å². The maximum absolute atomic E-state index is 12.2. The number of urea groups is 1. The zero-order valence-corrected chi connectivity index (χ0v) is 14.8. The Morgan fingerprint density at radius 2 is 2.28 bits per heavy atom. The Bertz CT molecular complexity index is 743. The number of aliphatic hydroxyl groups excluding tert-OH is 1. The average Bonchev–Trinajstić information content (AvgIpc) is 3.20. The molecule has 0 aliphatic heterocycles. The first-order valence-corrected chi connectivity index (χ1v) is 8.73. The van der Waals surface area contributed by atoms with Gasteiger partial charge in [-0.05, 0) is 30.0 Å². The third-order valence-electron chi connectivity index (χ3n) is 5.17. The number of carbonyl (C=O) groups is 1. The van der Waals surface area contributed by atoms with Gasteiger partial charge in [-0.1, -0.05) is 31.5 Å². The molecule has 0 bridgehead atoms. The van der Waals surface area contributed by atoms with E-state index in [1.807, 2.05) is 44.6 Å². The molecule has 1 aromatic heterocycles. The number of aliphatic hydroxyl groups is 1. The number of aryl methyl sites for hydroxylation is 1. The molecule has 2 aromatic rings. The van der Waals surface area contributed by atoms with E-state index in [2.05, 4.69) is 21.8 Å². The van der Waals surface area contributed by atoms with Gasteiger partial charge in [-0.15, -0.1) is 0 Å². The molecular weight excluding hydrogens is 316 g/mol. The van der Waals surface area contributed by atoms with Crippen molar-refractivity contribution in [1.82, 2.24) is 20.4 Å². The highest BCUT2D eigenvalue weighted by atomic mass is 16.3. The van der Waals surface area contributed by atoms with Gasteiger partial charge in [0.2, 0.25) is 0 Å². The average molecular weight is 342 g/mol. The molecule has 134 valence electrons. The lowest BCUT2D eigenvalue weighted by Crippen LogP contribution is -2.48. The van der Waals surface area contributed by atoms with Crippen LogP contribution in [-0.2, 0) is 13.6 Å². The normalized spacial score (nSPS) is 22.8. The van der Waals surface area contributed by atoms with Crippen molar-refractivity contribution >= 4 is 6.03 Å². The van der Waals surface area contributed by atoms with Crippen molar-refractivity contribution in [1.29, 1.82) is 0 Å². The van der Waals surface area contributed by atoms with Gasteiger partial charge in [0.1, 0.15) is 0 Å². The number of benzene rings is 1. The highest BCUT2D eigenvalue weighted by Crippen LogP contribution is 2.37. The molecule has 1 saturated carbocycles. The summed E-state index contributed by atoms with van der Waals surface area (Å²) in [5, 5.41) is 19.7. The molecule has 2 atom stereocenters. The Labute approximate surface area is 148 Å². The van der Waals surface area contributed by atoms with Crippen molar-refractivity contribution in [2.45, 2.75) is 38.8 Å². The van der Waals surface area contributed by atoms with Crippen LogP contribution in [0.25, 0.3) is 11.1 Å². The Balaban J connectivity index is 1.57. The van der Waals surface area contributed by atoms with Crippen LogP contribution in [0.15, 0.2) is 36.7 Å². The third kappa shape index (κ3) is 4.02. The molecule has 2 amide bonds. The van der Waals surface area contributed by atoms with Gasteiger partial charge in [-0.25, -0.2) is 4.79 Å². The largest absolute Gasteiger partial charge is 0.396 e. The molecule has 0 saturated heterocycles. The minimum absolute atomic E-state index is 0.0271. The van der Waals surface area contributed by atoms with Crippen LogP contribution in [0.5, 0.6) is 0 Å². The quantitative estimate of drug-likeness (QED) is 0.781. The number of aromatic nitrogens is 2. The van der Waals surface area contributed by atoms with Crippen LogP contribution in [0.4, 0.5) is 4.79 Å². The predicted molar refractivity (Wildman–Crippen MR) is 96.8 cm³/mol. The fourth-order valence-corrected chi connectivity index (χ4v) is 3.49. The summed E-state index contributed by atoms with van der Waals surface area (Å²) in [4.78, 5) is 12.2. The molecule has 1 aliphatic rings. The second-order valence-corrected chi connectivity index (χ2v) is 7.19. The van der Waals surface area contributed by atoms with Gasteiger partial charge in [0, 0.05) is 36.8 Å². The van der Waals surface area contributed by atoms with Gasteiger partial charge in [0.15, 0.2) is 0 Å². The lowest BCUT2D eigenvalue weighted by atomic mass is 9.86. The summed E-state index contributed by atoms with van der Waals surface area (Å²) < 4.78 is 1.77. The first-order valence-electron chi connectivity index (χ1n) is 8.73. The molecule has 25 heavy (non-hydrogen) atoms. The van der Waals surface area contributed by atoms with Gasteiger partial charge >= 0.3 is 6.03 Å². The van der Waals surface area contributed by atoms with Crippen LogP contribution < -0.4 is 10.6 Å². The molecule has 6 heteroatoms. The van der Waals surface area contributed by atoms with Gasteiger partial charge < -0.3 is 15.7 Å². The number of hydrogen-bond donors (Lipinski definition) is 3. The van der Waals surface area contributed by atoms with Gasteiger partial charge in [-0.2, -0.15) is 5.10 Å². The zero-order valence-electron chi connectivity index (χ0n) is 14.8. The molecule has 1 aliphatic carbocycles. The van der Waals surface area contributed by atoms with Crippen molar-refractivity contribution in [2.24, 2.45) is 12.5 Å². The second kappa shape index (κ2) is 7.27. The highest BCUT2D eigenvalue weighted by molar-refractivity contribution is 5.74. The molecule has 1 aromatic carbocycles. The predicted octanol–water partition coefficient (Wildman–Crippen LogP) is 2.44. The van der Waals surface area contributed by atoms with E-state index in [0.717, 1.165) is 36.0 Å². The molecule has 1 heterocycles. The summed E-state index contributed by atoms with van der Waals surface area (Å²) in [6.07, 6.45) is 6.70. The second-order valence-electron chi connectivity index (χ2n) is 7.19. The van der Waals surface area contributed by atoms with Gasteiger partial charge in [0.05, 0.1) is 12.8 Å². The lowest BCUT2D eigenvalue weighted by molar-refractivity contribution is 0.121. The Morgan fingerprint density at radius 1 is 1.44 bits per heavy atom. The fraction of sp³-hybridized carbons (Fsp3) is 0.474. The first kappa shape index (κ1) is 17.5. The van der Waals surface area contributed by atoms with Crippen molar-refractivity contribution < 1.29 is 9.90 Å². The van der Waals surface area contributed by atoms with Crippen molar-refractivity contribution in [3.8, 4) is 11.1 Å². The molecule has 1 fully saturated rings. The van der Waals surface area contributed by atoms with Crippen LogP contribution in [0.3, 0.4) is 0 Å². The summed E-state index contributed by atoms with van der Waals surface area (Å²) in [6, 6.07) is 7.92. The number of nitrogens with one attached hydrogen (secondary N) is 2. The van der Waals surface area contributed by atoms with E-state index in [9.17, 15) is 9.90 Å². The van der Waals surface area contributed by atoms with E-state index in [-0.39, 0.29) is 24.1 Å². The smallest absolute Gasteiger partial charge is 0.315 e. The number of hydrogen-bond acceptors (Lipinski definition) is 3. The topological polar surface area (TPSA) is 79.2 Å². The Hall–Kier alpha value is -2.34. The molecule has 0 spiro atoms. The van der Waals surface area contributed by atoms with Crippen molar-refractivity contribution in [2.75, 3.05) is 6.61 Å². The first-order chi connectivity index (χ1) is 12.0. The van der Waals surface area contributed by atoms with E-state index in [1.54, 1.807) is 4.68 Å². The Kier molecular flexibility index (Phi) is 5.08. The van der Waals surface area contributed by atoms with Crippen LogP contribution in [0.1, 0.15) is 31.7 Å². The number of nitrogens with zero attached hydrogens (tertiary/aromatic N) is 2. The van der Waals surface area contributed by atoms with Crippen molar-refractivity contribution in [3.63, 3.8) is 0 Å². The minimum atomic E-state index is -0.211. The minimum Gasteiger partial charge on any atom is -0.396 e. The molecule has 3 N–H and O–H groups in total. The van der Waals surface area contributed by atoms with E-state index < -0.39 is 0 Å². The third-order valence-corrected chi connectivity index (χ3v) is 5.17. The zero-order chi connectivity index (χ0) is 17.9. The fourth-order valence-electron chi connectivity index (χ4n) is 3.49. The Morgan fingerprint density at radius 3 is 3.00 bits per heavy atom. The van der Waals surface area contributed by atoms with Crippen LogP contribution >= 0.6 is 0 Å². The van der Waals surface area contributed by atoms with Crippen LogP contribution in [0.2, 0.25) is 0 Å². The van der Waals surface area contributed by atoms with E-state index in [0.29, 0.717) is 6.54 Å². The monoisotopic (exact) mass is 342 g/mol. The lowest BCUT2D eigenvalue weighted by Gasteiger charge is -2.30. The molecule has 0 radical (unpaired) electrons. The standard InChI is InChI=1S/C19H26N4O2/c1-19(13-24)8-4-7-17(19)22-18(25)20-10-14-5-3-6-15(9-14)16-11-21-23(2)12-16/h3,5-6,9,11-12,17,24H,4,7-8,10,13H2,1-2H3,(H2,20,22,25). The summed E-state index contributed by atoms with van der Waals surface area (Å²) >= 11 is 0. The van der Waals surface area contributed by atoms with E-state index >= 15 is 0 Å². The molecule has 3 rings (SSSR count). The van der Waals surface area contributed by atoms with Crippen molar-refractivity contribution in [3.05, 3.63) is 42.2 Å². The maximum Gasteiger partial charge on any atom is 0.315 e. The molecule has 6 nitrogen and oxygen atoms in total. The number of amides is 2. The molecular formula is C19H26N4O2. The number of rotatable bonds is 5. The van der Waals surface area contributed by atoms with E-state index in [4.69, 9.17) is 0 Å². The highest BCUT2D eigenvalue weighted by Gasteiger charge is 2.39. The van der Waals surface area contributed by atoms with Crippen LogP contribution in [-0.4, -0.2) is 33.6 Å². The summed E-state index contributed by atoms with van der Waals surface area (Å²) in [6.45, 7) is 2.59. The summed E-state index contributed by atoms with van der Waals surface area (Å²) in [5.41, 5.74) is 2.96. The van der Waals surface area contributed by atoms with E-state index in [1.165, 1.54) is 0 Å². The van der Waals surface area contributed by atoms with Gasteiger partial charge in [-0.3, -0.25) is 4.68 Å². The summed E-state index contributed by atoms with van der Waals surface area (Å²) in [5.74, 6) is 0.